The number of nitrogens with zero attached hydrogens (tertiary/aromatic N) is 1. The van der Waals surface area contributed by atoms with E-state index in [0.29, 0.717) is 19.4 Å². The van der Waals surface area contributed by atoms with Crippen LogP contribution in [0.15, 0.2) is 21.6 Å². The third kappa shape index (κ3) is 4.05. The van der Waals surface area contributed by atoms with E-state index in [1.165, 1.54) is 26.2 Å². The highest BCUT2D eigenvalue weighted by molar-refractivity contribution is 7.88. The lowest BCUT2D eigenvalue weighted by Crippen LogP contribution is -2.24. The number of carbonyl (C=O) groups excluding carboxylic acids is 1. The van der Waals surface area contributed by atoms with Gasteiger partial charge in [-0.3, -0.25) is 4.79 Å². The first-order chi connectivity index (χ1) is 8.89. The highest BCUT2D eigenvalue weighted by Crippen LogP contribution is 2.16. The van der Waals surface area contributed by atoms with Crippen LogP contribution >= 0.6 is 0 Å². The van der Waals surface area contributed by atoms with Crippen LogP contribution in [-0.2, 0) is 10.0 Å². The van der Waals surface area contributed by atoms with Gasteiger partial charge in [0.25, 0.3) is 15.9 Å². The predicted octanol–water partition coefficient (Wildman–Crippen LogP) is 0.0322. The van der Waals surface area contributed by atoms with Crippen molar-refractivity contribution in [2.45, 2.75) is 17.9 Å². The Morgan fingerprint density at radius 3 is 2.63 bits per heavy atom. The van der Waals surface area contributed by atoms with Crippen molar-refractivity contribution in [1.82, 2.24) is 9.62 Å². The van der Waals surface area contributed by atoms with Crippen LogP contribution in [0.1, 0.15) is 23.4 Å². The second kappa shape index (κ2) is 6.69. The topological polar surface area (TPSA) is 99.9 Å². The Labute approximate surface area is 112 Å². The fraction of sp³-hybridized carbons (Fsp3) is 0.545. The van der Waals surface area contributed by atoms with Gasteiger partial charge in [0.15, 0.2) is 5.76 Å². The Morgan fingerprint density at radius 1 is 1.37 bits per heavy atom. The fourth-order valence-corrected chi connectivity index (χ4v) is 2.08. The molecular weight excluding hydrogens is 272 g/mol. The van der Waals surface area contributed by atoms with E-state index in [1.54, 1.807) is 0 Å². The van der Waals surface area contributed by atoms with Crippen LogP contribution in [0.25, 0.3) is 0 Å². The van der Waals surface area contributed by atoms with Gasteiger partial charge in [-0.2, -0.15) is 0 Å². The number of sulfonamides is 1. The zero-order valence-corrected chi connectivity index (χ0v) is 11.7. The van der Waals surface area contributed by atoms with Crippen LogP contribution in [0.5, 0.6) is 0 Å². The van der Waals surface area contributed by atoms with Crippen molar-refractivity contribution < 1.29 is 22.7 Å². The summed E-state index contributed by atoms with van der Waals surface area (Å²) in [4.78, 5) is 11.6. The highest BCUT2D eigenvalue weighted by Gasteiger charge is 2.23. The third-order valence-electron chi connectivity index (χ3n) is 2.41. The largest absolute Gasteiger partial charge is 0.438 e. The maximum absolute atomic E-state index is 11.7. The van der Waals surface area contributed by atoms with Crippen molar-refractivity contribution in [3.63, 3.8) is 0 Å². The molecule has 0 spiro atoms. The van der Waals surface area contributed by atoms with Gasteiger partial charge in [-0.05, 0) is 25.0 Å². The minimum atomic E-state index is -3.67. The minimum absolute atomic E-state index is 0.0515. The summed E-state index contributed by atoms with van der Waals surface area (Å²) in [5.41, 5.74) is 0. The molecule has 0 radical (unpaired) electrons. The SMILES string of the molecule is CN(C)S(=O)(=O)c1ccc(C(=O)NCCCCO)o1. The number of rotatable bonds is 7. The van der Waals surface area contributed by atoms with Gasteiger partial charge in [0, 0.05) is 27.2 Å². The average Bonchev–Trinajstić information content (AvgIpc) is 2.84. The molecule has 19 heavy (non-hydrogen) atoms. The standard InChI is InChI=1S/C11H18N2O5S/c1-13(2)19(16,17)10-6-5-9(18-10)11(15)12-7-3-4-8-14/h5-6,14H,3-4,7-8H2,1-2H3,(H,12,15). The van der Waals surface area contributed by atoms with E-state index in [0.717, 1.165) is 4.31 Å². The van der Waals surface area contributed by atoms with Crippen LogP contribution in [0.3, 0.4) is 0 Å². The molecule has 1 aromatic heterocycles. The summed E-state index contributed by atoms with van der Waals surface area (Å²) < 4.78 is 29.5. The molecule has 2 N–H and O–H groups in total. The molecule has 0 aromatic carbocycles. The number of nitrogens with one attached hydrogen (secondary N) is 1. The van der Waals surface area contributed by atoms with Crippen LogP contribution in [-0.4, -0.2) is 51.0 Å². The van der Waals surface area contributed by atoms with Gasteiger partial charge >= 0.3 is 0 Å². The van der Waals surface area contributed by atoms with Crippen LogP contribution in [0, 0.1) is 0 Å². The van der Waals surface area contributed by atoms with Gasteiger partial charge in [-0.15, -0.1) is 0 Å². The molecule has 8 heteroatoms. The van der Waals surface area contributed by atoms with Gasteiger partial charge in [-0.25, -0.2) is 12.7 Å². The van der Waals surface area contributed by atoms with Gasteiger partial charge in [0.05, 0.1) is 0 Å². The van der Waals surface area contributed by atoms with Crippen LogP contribution in [0.4, 0.5) is 0 Å². The predicted molar refractivity (Wildman–Crippen MR) is 68.2 cm³/mol. The lowest BCUT2D eigenvalue weighted by molar-refractivity contribution is 0.0919. The molecule has 0 aliphatic carbocycles. The van der Waals surface area contributed by atoms with Crippen molar-refractivity contribution in [2.24, 2.45) is 0 Å². The summed E-state index contributed by atoms with van der Waals surface area (Å²) in [5.74, 6) is -0.525. The number of carbonyl (C=O) groups is 1. The molecule has 7 nitrogen and oxygen atoms in total. The first kappa shape index (κ1) is 15.7. The summed E-state index contributed by atoms with van der Waals surface area (Å²) >= 11 is 0. The van der Waals surface area contributed by atoms with Crippen molar-refractivity contribution >= 4 is 15.9 Å². The lowest BCUT2D eigenvalue weighted by Gasteiger charge is -2.07. The zero-order valence-electron chi connectivity index (χ0n) is 10.9. The second-order valence-electron chi connectivity index (χ2n) is 4.09. The first-order valence-corrected chi connectivity index (χ1v) is 7.25. The summed E-state index contributed by atoms with van der Waals surface area (Å²) in [6.07, 6.45) is 1.24. The molecule has 1 amide bonds. The van der Waals surface area contributed by atoms with E-state index in [-0.39, 0.29) is 17.5 Å². The van der Waals surface area contributed by atoms with E-state index in [2.05, 4.69) is 5.32 Å². The van der Waals surface area contributed by atoms with Gasteiger partial charge in [0.1, 0.15) is 0 Å². The lowest BCUT2D eigenvalue weighted by atomic mass is 10.3. The molecule has 0 bridgehead atoms. The van der Waals surface area contributed by atoms with Crippen molar-refractivity contribution in [1.29, 1.82) is 0 Å². The first-order valence-electron chi connectivity index (χ1n) is 5.81. The average molecular weight is 290 g/mol. The molecule has 0 aliphatic heterocycles. The quantitative estimate of drug-likeness (QED) is 0.690. The zero-order chi connectivity index (χ0) is 14.5. The minimum Gasteiger partial charge on any atom is -0.438 e. The Bertz CT molecular complexity index is 521. The summed E-state index contributed by atoms with van der Waals surface area (Å²) in [6, 6.07) is 2.57. The third-order valence-corrected chi connectivity index (χ3v) is 4.10. The number of hydrogen-bond acceptors (Lipinski definition) is 5. The van der Waals surface area contributed by atoms with E-state index in [1.807, 2.05) is 0 Å². The Morgan fingerprint density at radius 2 is 2.05 bits per heavy atom. The molecule has 108 valence electrons. The van der Waals surface area contributed by atoms with E-state index in [4.69, 9.17) is 9.52 Å². The van der Waals surface area contributed by atoms with Gasteiger partial charge in [-0.1, -0.05) is 0 Å². The van der Waals surface area contributed by atoms with E-state index in [9.17, 15) is 13.2 Å². The second-order valence-corrected chi connectivity index (χ2v) is 6.18. The molecule has 1 rings (SSSR count). The van der Waals surface area contributed by atoms with E-state index < -0.39 is 15.9 Å². The molecule has 0 atom stereocenters. The van der Waals surface area contributed by atoms with E-state index >= 15 is 0 Å². The van der Waals surface area contributed by atoms with Gasteiger partial charge in [0.2, 0.25) is 5.09 Å². The normalized spacial score (nSPS) is 11.8. The number of hydrogen-bond donors (Lipinski definition) is 2. The summed E-state index contributed by atoms with van der Waals surface area (Å²) in [6.45, 7) is 0.470. The molecular formula is C11H18N2O5S. The molecule has 0 unspecified atom stereocenters. The maximum Gasteiger partial charge on any atom is 0.287 e. The molecule has 1 aromatic rings. The molecule has 0 aliphatic rings. The van der Waals surface area contributed by atoms with Gasteiger partial charge < -0.3 is 14.8 Å². The molecule has 0 saturated heterocycles. The molecule has 0 saturated carbocycles. The Hall–Kier alpha value is -1.38. The monoisotopic (exact) mass is 290 g/mol. The van der Waals surface area contributed by atoms with Crippen molar-refractivity contribution in [2.75, 3.05) is 27.2 Å². The highest BCUT2D eigenvalue weighted by atomic mass is 32.2. The number of furan rings is 1. The Balaban J connectivity index is 2.67. The number of amides is 1. The van der Waals surface area contributed by atoms with Crippen molar-refractivity contribution in [3.05, 3.63) is 17.9 Å². The summed E-state index contributed by atoms with van der Waals surface area (Å²) in [5, 5.41) is 10.9. The summed E-state index contributed by atoms with van der Waals surface area (Å²) in [7, 11) is -0.902. The molecule has 1 heterocycles. The van der Waals surface area contributed by atoms with Crippen LogP contribution < -0.4 is 5.32 Å². The number of aliphatic hydroxyl groups is 1. The molecule has 0 fully saturated rings. The van der Waals surface area contributed by atoms with Crippen molar-refractivity contribution in [3.8, 4) is 0 Å². The number of unbranched alkanes of at least 4 members (excludes halogenated alkanes) is 1. The Kier molecular flexibility index (Phi) is 5.52. The maximum atomic E-state index is 11.7. The number of aliphatic hydroxyl groups excluding tert-OH is 1. The van der Waals surface area contributed by atoms with Crippen LogP contribution in [0.2, 0.25) is 0 Å². The fourth-order valence-electron chi connectivity index (χ4n) is 1.29. The smallest absolute Gasteiger partial charge is 0.287 e.